The van der Waals surface area contributed by atoms with Gasteiger partial charge in [0, 0.05) is 23.2 Å². The second-order valence-corrected chi connectivity index (χ2v) is 5.62. The zero-order valence-corrected chi connectivity index (χ0v) is 12.8. The van der Waals surface area contributed by atoms with Crippen LogP contribution < -0.4 is 4.90 Å². The monoisotopic (exact) mass is 297 g/mol. The number of carbonyl (C=O) groups excluding carboxylic acids is 1. The van der Waals surface area contributed by atoms with Crippen molar-refractivity contribution < 1.29 is 4.79 Å². The van der Waals surface area contributed by atoms with Crippen molar-refractivity contribution in [1.82, 2.24) is 0 Å². The topological polar surface area (TPSA) is 20.3 Å². The number of rotatable bonds is 2. The highest BCUT2D eigenvalue weighted by Crippen LogP contribution is 2.37. The van der Waals surface area contributed by atoms with Crippen LogP contribution in [0.15, 0.2) is 42.5 Å². The van der Waals surface area contributed by atoms with Crippen LogP contribution in [-0.4, -0.2) is 13.0 Å². The number of nitrogens with zero attached hydrogens (tertiary/aromatic N) is 1. The Morgan fingerprint density at radius 2 is 1.86 bits per heavy atom. The first-order valence-electron chi connectivity index (χ1n) is 6.98. The van der Waals surface area contributed by atoms with E-state index in [1.165, 1.54) is 5.56 Å². The van der Waals surface area contributed by atoms with Crippen molar-refractivity contribution in [1.29, 1.82) is 0 Å². The number of halogens is 1. The van der Waals surface area contributed by atoms with Crippen molar-refractivity contribution in [3.8, 4) is 0 Å². The van der Waals surface area contributed by atoms with E-state index in [2.05, 4.69) is 19.1 Å². The summed E-state index contributed by atoms with van der Waals surface area (Å²) in [6.45, 7) is 2.12. The Morgan fingerprint density at radius 1 is 1.14 bits per heavy atom. The van der Waals surface area contributed by atoms with Crippen LogP contribution in [0.3, 0.4) is 0 Å². The summed E-state index contributed by atoms with van der Waals surface area (Å²) in [5, 5.41) is 0.695. The first kappa shape index (κ1) is 13.9. The number of benzene rings is 2. The molecule has 0 saturated heterocycles. The summed E-state index contributed by atoms with van der Waals surface area (Å²) in [5.74, 6) is 0.0354. The fraction of sp³-hybridized carbons (Fsp3) is 0.167. The molecule has 1 heterocycles. The third kappa shape index (κ3) is 2.47. The molecule has 3 heteroatoms. The molecule has 106 valence electrons. The summed E-state index contributed by atoms with van der Waals surface area (Å²) in [7, 11) is 1.81. The van der Waals surface area contributed by atoms with E-state index >= 15 is 0 Å². The molecule has 3 rings (SSSR count). The van der Waals surface area contributed by atoms with Crippen LogP contribution in [0.4, 0.5) is 5.69 Å². The minimum atomic E-state index is 0.0354. The summed E-state index contributed by atoms with van der Waals surface area (Å²) < 4.78 is 0. The molecule has 1 aliphatic rings. The van der Waals surface area contributed by atoms with Gasteiger partial charge in [-0.2, -0.15) is 0 Å². The number of likely N-dealkylation sites (N-methyl/N-ethyl adjacent to an activating group) is 1. The van der Waals surface area contributed by atoms with E-state index in [0.29, 0.717) is 5.02 Å². The van der Waals surface area contributed by atoms with Crippen LogP contribution in [0, 0.1) is 0 Å². The second-order valence-electron chi connectivity index (χ2n) is 5.18. The van der Waals surface area contributed by atoms with Gasteiger partial charge in [0.1, 0.15) is 0 Å². The highest BCUT2D eigenvalue weighted by Gasteiger charge is 2.29. The van der Waals surface area contributed by atoms with Crippen molar-refractivity contribution in [2.75, 3.05) is 11.9 Å². The molecular formula is C18H16ClNO. The number of carbonyl (C=O) groups is 1. The first-order valence-corrected chi connectivity index (χ1v) is 7.36. The van der Waals surface area contributed by atoms with Gasteiger partial charge in [-0.25, -0.2) is 0 Å². The van der Waals surface area contributed by atoms with E-state index in [1.807, 2.05) is 43.5 Å². The Morgan fingerprint density at radius 3 is 2.52 bits per heavy atom. The summed E-state index contributed by atoms with van der Waals surface area (Å²) in [6.07, 6.45) is 2.89. The molecule has 0 atom stereocenters. The van der Waals surface area contributed by atoms with Crippen LogP contribution in [0.2, 0.25) is 5.02 Å². The normalized spacial score (nSPS) is 15.7. The van der Waals surface area contributed by atoms with E-state index < -0.39 is 0 Å². The molecule has 1 amide bonds. The van der Waals surface area contributed by atoms with Gasteiger partial charge in [0.15, 0.2) is 0 Å². The molecule has 21 heavy (non-hydrogen) atoms. The average Bonchev–Trinajstić information content (AvgIpc) is 2.74. The smallest absolute Gasteiger partial charge is 0.258 e. The molecule has 0 unspecified atom stereocenters. The fourth-order valence-corrected chi connectivity index (χ4v) is 2.71. The fourth-order valence-electron chi connectivity index (χ4n) is 2.58. The maximum Gasteiger partial charge on any atom is 0.258 e. The zero-order chi connectivity index (χ0) is 15.0. The third-order valence-electron chi connectivity index (χ3n) is 3.84. The minimum absolute atomic E-state index is 0.0354. The molecule has 0 saturated carbocycles. The molecule has 0 fully saturated rings. The minimum Gasteiger partial charge on any atom is -0.311 e. The van der Waals surface area contributed by atoms with Crippen molar-refractivity contribution >= 4 is 34.8 Å². The summed E-state index contributed by atoms with van der Waals surface area (Å²) in [5.41, 5.74) is 4.93. The lowest BCUT2D eigenvalue weighted by molar-refractivity contribution is -0.112. The molecule has 0 aliphatic carbocycles. The Bertz CT molecular complexity index is 731. The zero-order valence-electron chi connectivity index (χ0n) is 12.1. The third-order valence-corrected chi connectivity index (χ3v) is 4.09. The Kier molecular flexibility index (Phi) is 3.56. The Hall–Kier alpha value is -2.06. The molecule has 0 bridgehead atoms. The van der Waals surface area contributed by atoms with Crippen molar-refractivity contribution in [2.45, 2.75) is 13.3 Å². The molecule has 2 nitrogen and oxygen atoms in total. The summed E-state index contributed by atoms with van der Waals surface area (Å²) >= 11 is 5.90. The molecule has 0 radical (unpaired) electrons. The van der Waals surface area contributed by atoms with Crippen molar-refractivity contribution in [3.63, 3.8) is 0 Å². The van der Waals surface area contributed by atoms with Crippen LogP contribution in [0.1, 0.15) is 23.6 Å². The van der Waals surface area contributed by atoms with E-state index in [1.54, 1.807) is 4.90 Å². The number of anilines is 1. The van der Waals surface area contributed by atoms with E-state index in [0.717, 1.165) is 28.8 Å². The number of hydrogen-bond donors (Lipinski definition) is 0. The van der Waals surface area contributed by atoms with Gasteiger partial charge in [0.25, 0.3) is 5.91 Å². The molecular weight excluding hydrogens is 282 g/mol. The molecule has 1 aliphatic heterocycles. The van der Waals surface area contributed by atoms with Gasteiger partial charge in [-0.3, -0.25) is 4.79 Å². The predicted molar refractivity (Wildman–Crippen MR) is 88.6 cm³/mol. The quantitative estimate of drug-likeness (QED) is 0.751. The van der Waals surface area contributed by atoms with E-state index in [9.17, 15) is 4.79 Å². The van der Waals surface area contributed by atoms with Crippen molar-refractivity contribution in [2.24, 2.45) is 0 Å². The molecule has 2 aromatic rings. The van der Waals surface area contributed by atoms with E-state index in [4.69, 9.17) is 11.6 Å². The van der Waals surface area contributed by atoms with Gasteiger partial charge in [0.05, 0.1) is 5.69 Å². The Labute approximate surface area is 129 Å². The predicted octanol–water partition coefficient (Wildman–Crippen LogP) is 4.42. The van der Waals surface area contributed by atoms with Gasteiger partial charge >= 0.3 is 0 Å². The summed E-state index contributed by atoms with van der Waals surface area (Å²) in [6, 6.07) is 13.7. The van der Waals surface area contributed by atoms with Gasteiger partial charge < -0.3 is 4.90 Å². The first-order chi connectivity index (χ1) is 10.1. The lowest BCUT2D eigenvalue weighted by Crippen LogP contribution is -2.20. The standard InChI is InChI=1S/C18H16ClNO/c1-3-12-6-9-17-15(10-12)16(18(21)20(17)2)11-13-4-7-14(19)8-5-13/h4-11H,3H2,1-2H3/b16-11-. The Balaban J connectivity index is 2.11. The maximum absolute atomic E-state index is 12.5. The largest absolute Gasteiger partial charge is 0.311 e. The van der Waals surface area contributed by atoms with Crippen LogP contribution in [0.25, 0.3) is 11.6 Å². The average molecular weight is 298 g/mol. The number of fused-ring (bicyclic) bond motifs is 1. The van der Waals surface area contributed by atoms with E-state index in [-0.39, 0.29) is 5.91 Å². The molecule has 0 spiro atoms. The van der Waals surface area contributed by atoms with Gasteiger partial charge in [-0.1, -0.05) is 36.7 Å². The number of hydrogen-bond acceptors (Lipinski definition) is 1. The second kappa shape index (κ2) is 5.38. The molecule has 0 aromatic heterocycles. The molecule has 2 aromatic carbocycles. The maximum atomic E-state index is 12.5. The number of aryl methyl sites for hydroxylation is 1. The SMILES string of the molecule is CCc1ccc2c(c1)/C(=C/c1ccc(Cl)cc1)C(=O)N2C. The highest BCUT2D eigenvalue weighted by molar-refractivity contribution is 6.35. The lowest BCUT2D eigenvalue weighted by Gasteiger charge is -2.09. The van der Waals surface area contributed by atoms with Gasteiger partial charge in [-0.05, 0) is 47.9 Å². The summed E-state index contributed by atoms with van der Waals surface area (Å²) in [4.78, 5) is 14.2. The highest BCUT2D eigenvalue weighted by atomic mass is 35.5. The van der Waals surface area contributed by atoms with Crippen LogP contribution in [-0.2, 0) is 11.2 Å². The van der Waals surface area contributed by atoms with Gasteiger partial charge in [-0.15, -0.1) is 0 Å². The van der Waals surface area contributed by atoms with Crippen molar-refractivity contribution in [3.05, 3.63) is 64.2 Å². The molecule has 0 N–H and O–H groups in total. The van der Waals surface area contributed by atoms with Gasteiger partial charge in [0.2, 0.25) is 0 Å². The van der Waals surface area contributed by atoms with Crippen LogP contribution in [0.5, 0.6) is 0 Å². The van der Waals surface area contributed by atoms with Crippen LogP contribution >= 0.6 is 11.6 Å². The number of amides is 1. The lowest BCUT2D eigenvalue weighted by atomic mass is 10.0.